The molecule has 0 aliphatic heterocycles. The summed E-state index contributed by atoms with van der Waals surface area (Å²) in [6, 6.07) is 0.983. The van der Waals surface area contributed by atoms with Crippen LogP contribution in [0.1, 0.15) is 30.9 Å². The molecule has 0 saturated carbocycles. The summed E-state index contributed by atoms with van der Waals surface area (Å²) in [5, 5.41) is 0. The minimum Gasteiger partial charge on any atom is -0.204 e. The Morgan fingerprint density at radius 3 is 2.47 bits per heavy atom. The molecule has 0 spiro atoms. The van der Waals surface area contributed by atoms with Crippen LogP contribution in [0.3, 0.4) is 0 Å². The van der Waals surface area contributed by atoms with E-state index >= 15 is 0 Å². The Morgan fingerprint density at radius 2 is 1.93 bits per heavy atom. The van der Waals surface area contributed by atoms with Crippen LogP contribution in [0.25, 0.3) is 6.08 Å². The van der Waals surface area contributed by atoms with E-state index in [1.165, 1.54) is 6.08 Å². The number of hydrogen-bond donors (Lipinski definition) is 0. The van der Waals surface area contributed by atoms with E-state index < -0.39 is 17.5 Å². The Morgan fingerprint density at radius 1 is 1.27 bits per heavy atom. The summed E-state index contributed by atoms with van der Waals surface area (Å²) in [5.74, 6) is -3.65. The third-order valence-electron chi connectivity index (χ3n) is 2.30. The van der Waals surface area contributed by atoms with Crippen LogP contribution in [-0.2, 0) is 6.42 Å². The molecule has 0 aliphatic rings. The normalized spacial score (nSPS) is 10.4. The molecular formula is C12H13F3. The van der Waals surface area contributed by atoms with Crippen LogP contribution in [-0.4, -0.2) is 0 Å². The number of rotatable bonds is 4. The Balaban J connectivity index is 3.21. The Labute approximate surface area is 87.4 Å². The maximum absolute atomic E-state index is 13.4. The average Bonchev–Trinajstić information content (AvgIpc) is 2.24. The van der Waals surface area contributed by atoms with Gasteiger partial charge in [0.1, 0.15) is 0 Å². The fraction of sp³-hybridized carbons (Fsp3) is 0.333. The predicted octanol–water partition coefficient (Wildman–Crippen LogP) is 4.09. The molecule has 0 saturated heterocycles. The van der Waals surface area contributed by atoms with Crippen molar-refractivity contribution in [1.82, 2.24) is 0 Å². The van der Waals surface area contributed by atoms with Crippen LogP contribution in [0, 0.1) is 17.5 Å². The molecule has 0 unspecified atom stereocenters. The van der Waals surface area contributed by atoms with Gasteiger partial charge in [0.15, 0.2) is 17.5 Å². The van der Waals surface area contributed by atoms with Crippen LogP contribution in [0.4, 0.5) is 13.2 Å². The highest BCUT2D eigenvalue weighted by atomic mass is 19.2. The van der Waals surface area contributed by atoms with E-state index in [1.54, 1.807) is 0 Å². The second-order valence-electron chi connectivity index (χ2n) is 3.36. The molecule has 0 bridgehead atoms. The Hall–Kier alpha value is -1.25. The summed E-state index contributed by atoms with van der Waals surface area (Å²) in [6.45, 7) is 5.41. The minimum absolute atomic E-state index is 0.214. The molecule has 0 heterocycles. The highest BCUT2D eigenvalue weighted by molar-refractivity contribution is 5.52. The number of hydrogen-bond acceptors (Lipinski definition) is 0. The second kappa shape index (κ2) is 5.01. The minimum atomic E-state index is -1.40. The quantitative estimate of drug-likeness (QED) is 0.662. The van der Waals surface area contributed by atoms with Crippen molar-refractivity contribution in [2.75, 3.05) is 0 Å². The molecule has 0 aromatic heterocycles. The summed E-state index contributed by atoms with van der Waals surface area (Å²) < 4.78 is 39.2. The van der Waals surface area contributed by atoms with Gasteiger partial charge >= 0.3 is 0 Å². The average molecular weight is 214 g/mol. The first-order valence-corrected chi connectivity index (χ1v) is 4.90. The summed E-state index contributed by atoms with van der Waals surface area (Å²) in [5.41, 5.74) is 0.547. The first kappa shape index (κ1) is 11.8. The molecule has 1 aromatic rings. The molecule has 1 aromatic carbocycles. The largest absolute Gasteiger partial charge is 0.204 e. The second-order valence-corrected chi connectivity index (χ2v) is 3.36. The van der Waals surface area contributed by atoms with Crippen molar-refractivity contribution in [2.45, 2.75) is 26.2 Å². The van der Waals surface area contributed by atoms with E-state index in [0.29, 0.717) is 12.0 Å². The molecule has 3 heteroatoms. The van der Waals surface area contributed by atoms with E-state index in [0.717, 1.165) is 18.9 Å². The van der Waals surface area contributed by atoms with Gasteiger partial charge in [-0.2, -0.15) is 0 Å². The van der Waals surface area contributed by atoms with Crippen molar-refractivity contribution in [2.24, 2.45) is 0 Å². The van der Waals surface area contributed by atoms with Gasteiger partial charge in [0.2, 0.25) is 0 Å². The molecule has 0 radical (unpaired) electrons. The maximum Gasteiger partial charge on any atom is 0.194 e. The third kappa shape index (κ3) is 2.41. The van der Waals surface area contributed by atoms with Crippen LogP contribution in [0.2, 0.25) is 0 Å². The smallest absolute Gasteiger partial charge is 0.194 e. The van der Waals surface area contributed by atoms with E-state index in [4.69, 9.17) is 0 Å². The summed E-state index contributed by atoms with van der Waals surface area (Å²) in [4.78, 5) is 0. The van der Waals surface area contributed by atoms with Crippen molar-refractivity contribution >= 4 is 6.08 Å². The highest BCUT2D eigenvalue weighted by Gasteiger charge is 2.16. The van der Waals surface area contributed by atoms with Gasteiger partial charge in [-0.1, -0.05) is 26.0 Å². The maximum atomic E-state index is 13.4. The van der Waals surface area contributed by atoms with Crippen molar-refractivity contribution in [3.63, 3.8) is 0 Å². The monoisotopic (exact) mass is 214 g/mol. The van der Waals surface area contributed by atoms with Crippen LogP contribution < -0.4 is 0 Å². The topological polar surface area (TPSA) is 0 Å². The van der Waals surface area contributed by atoms with Crippen LogP contribution in [0.15, 0.2) is 12.6 Å². The van der Waals surface area contributed by atoms with Crippen molar-refractivity contribution in [3.05, 3.63) is 41.2 Å². The first-order chi connectivity index (χ1) is 7.11. The summed E-state index contributed by atoms with van der Waals surface area (Å²) in [7, 11) is 0. The van der Waals surface area contributed by atoms with Crippen molar-refractivity contribution < 1.29 is 13.2 Å². The molecule has 1 rings (SSSR count). The van der Waals surface area contributed by atoms with Gasteiger partial charge in [-0.05, 0) is 30.0 Å². The van der Waals surface area contributed by atoms with E-state index in [2.05, 4.69) is 6.58 Å². The summed E-state index contributed by atoms with van der Waals surface area (Å²) >= 11 is 0. The van der Waals surface area contributed by atoms with Gasteiger partial charge in [-0.25, -0.2) is 13.2 Å². The Bertz CT molecular complexity index is 370. The number of unbranched alkanes of at least 4 members (excludes halogenated alkanes) is 1. The number of halogens is 3. The fourth-order valence-corrected chi connectivity index (χ4v) is 1.44. The number of benzene rings is 1. The lowest BCUT2D eigenvalue weighted by molar-refractivity contribution is 0.439. The predicted molar refractivity (Wildman–Crippen MR) is 55.0 cm³/mol. The van der Waals surface area contributed by atoms with Gasteiger partial charge in [0.05, 0.1) is 0 Å². The van der Waals surface area contributed by atoms with Crippen LogP contribution in [0.5, 0.6) is 0 Å². The van der Waals surface area contributed by atoms with Gasteiger partial charge < -0.3 is 0 Å². The molecule has 15 heavy (non-hydrogen) atoms. The van der Waals surface area contributed by atoms with Crippen LogP contribution >= 0.6 is 0 Å². The Kier molecular flexibility index (Phi) is 3.95. The van der Waals surface area contributed by atoms with E-state index in [9.17, 15) is 13.2 Å². The van der Waals surface area contributed by atoms with Gasteiger partial charge in [0, 0.05) is 0 Å². The molecule has 0 nitrogen and oxygen atoms in total. The lowest BCUT2D eigenvalue weighted by Gasteiger charge is -2.08. The summed E-state index contributed by atoms with van der Waals surface area (Å²) in [6.07, 6.45) is 3.36. The molecule has 82 valence electrons. The first-order valence-electron chi connectivity index (χ1n) is 4.90. The lowest BCUT2D eigenvalue weighted by atomic mass is 10.0. The zero-order valence-electron chi connectivity index (χ0n) is 8.62. The third-order valence-corrected chi connectivity index (χ3v) is 2.30. The molecule has 0 aliphatic carbocycles. The SMILES string of the molecule is C=Cc1cc(F)c(F)c(F)c1CCCC. The zero-order valence-corrected chi connectivity index (χ0v) is 8.62. The molecule has 0 amide bonds. The molecular weight excluding hydrogens is 201 g/mol. The molecule has 0 N–H and O–H groups in total. The fourth-order valence-electron chi connectivity index (χ4n) is 1.44. The van der Waals surface area contributed by atoms with Gasteiger partial charge in [0.25, 0.3) is 0 Å². The highest BCUT2D eigenvalue weighted by Crippen LogP contribution is 2.22. The van der Waals surface area contributed by atoms with Crippen molar-refractivity contribution in [3.8, 4) is 0 Å². The van der Waals surface area contributed by atoms with Gasteiger partial charge in [-0.3, -0.25) is 0 Å². The van der Waals surface area contributed by atoms with E-state index in [-0.39, 0.29) is 5.56 Å². The standard InChI is InChI=1S/C12H13F3/c1-3-5-6-9-8(4-2)7-10(13)12(15)11(9)14/h4,7H,2-3,5-6H2,1H3. The zero-order chi connectivity index (χ0) is 11.4. The van der Waals surface area contributed by atoms with Gasteiger partial charge in [-0.15, -0.1) is 0 Å². The lowest BCUT2D eigenvalue weighted by Crippen LogP contribution is -2.01. The molecule has 0 atom stereocenters. The van der Waals surface area contributed by atoms with Crippen molar-refractivity contribution in [1.29, 1.82) is 0 Å². The molecule has 0 fully saturated rings. The van der Waals surface area contributed by atoms with E-state index in [1.807, 2.05) is 6.92 Å².